The first-order valence-electron chi connectivity index (χ1n) is 36.4. The van der Waals surface area contributed by atoms with Gasteiger partial charge in [-0.05, 0) is 144 Å². The Bertz CT molecular complexity index is 4890. The van der Waals surface area contributed by atoms with Crippen molar-refractivity contribution < 1.29 is 113 Å². The van der Waals surface area contributed by atoms with Crippen LogP contribution in [0, 0.1) is 5.92 Å². The van der Waals surface area contributed by atoms with Crippen molar-refractivity contribution in [3.05, 3.63) is 176 Å². The molecule has 0 aromatic heterocycles. The molecule has 7 aromatic rings. The number of phenols is 3. The van der Waals surface area contributed by atoms with Gasteiger partial charge >= 0.3 is 0 Å². The van der Waals surface area contributed by atoms with E-state index in [0.717, 1.165) is 71.8 Å². The topological polar surface area (TPSA) is 522 Å². The summed E-state index contributed by atoms with van der Waals surface area (Å²) in [4.78, 5) is 121. The number of fused-ring (bicyclic) bond motifs is 15. The first kappa shape index (κ1) is 83.9. The van der Waals surface area contributed by atoms with Crippen molar-refractivity contribution in [1.29, 1.82) is 0 Å². The minimum Gasteiger partial charge on any atom is -0.508 e. The van der Waals surface area contributed by atoms with Gasteiger partial charge in [0.05, 0.1) is 41.3 Å². The van der Waals surface area contributed by atoms with E-state index in [-0.39, 0.29) is 64.1 Å². The van der Waals surface area contributed by atoms with Crippen LogP contribution in [0.15, 0.2) is 127 Å². The number of amides is 8. The zero-order valence-electron chi connectivity index (χ0n) is 62.1. The summed E-state index contributed by atoms with van der Waals surface area (Å²) in [5, 5.41) is 126. The molecule has 18 atom stereocenters. The minimum absolute atomic E-state index is 0.102. The van der Waals surface area contributed by atoms with Crippen LogP contribution < -0.4 is 68.2 Å². The lowest BCUT2D eigenvalue weighted by Crippen LogP contribution is -2.64. The van der Waals surface area contributed by atoms with Gasteiger partial charge in [-0.1, -0.05) is 103 Å². The molecule has 1 unspecified atom stereocenters. The Morgan fingerprint density at radius 2 is 1.26 bits per heavy atom. The van der Waals surface area contributed by atoms with E-state index in [4.69, 9.17) is 74.7 Å². The van der Waals surface area contributed by atoms with Gasteiger partial charge < -0.3 is 128 Å². The molecule has 7 heterocycles. The maximum Gasteiger partial charge on any atom is 0.248 e. The summed E-state index contributed by atoms with van der Waals surface area (Å²) in [5.41, 5.74) is 10.7. The molecule has 115 heavy (non-hydrogen) atoms. The molecule has 2 fully saturated rings. The van der Waals surface area contributed by atoms with Crippen LogP contribution in [0.4, 0.5) is 0 Å². The fourth-order valence-electron chi connectivity index (χ4n) is 14.3. The molecule has 7 aromatic carbocycles. The maximum atomic E-state index is 16.3. The summed E-state index contributed by atoms with van der Waals surface area (Å²) >= 11 is 20.5. The molecular formula is C79H85Cl3N10O23. The average molecular weight is 1650 g/mol. The molecule has 11 bridgehead atoms. The van der Waals surface area contributed by atoms with Gasteiger partial charge in [-0.15, -0.1) is 0 Å². The van der Waals surface area contributed by atoms with E-state index >= 15 is 24.0 Å². The number of hydrogen-bond acceptors (Lipinski definition) is 25. The molecule has 2 saturated heterocycles. The van der Waals surface area contributed by atoms with Crippen LogP contribution >= 0.6 is 34.8 Å². The smallest absolute Gasteiger partial charge is 0.248 e. The van der Waals surface area contributed by atoms with Crippen molar-refractivity contribution in [3.63, 3.8) is 0 Å². The first-order valence-corrected chi connectivity index (χ1v) is 37.6. The Morgan fingerprint density at radius 1 is 0.661 bits per heavy atom. The Morgan fingerprint density at radius 3 is 1.86 bits per heavy atom. The SMILES string of the molecule is CN[C@H](CC(C)C)C(=O)N[C@H]1C(=O)N[C@@H](CC(N)=O)C(=O)N[C@H]2C(=O)N[C@H]3C(=O)N[C@H](C(=O)N[C@@H](C(=O)NCc4ccc(-c5ccc(Cl)cc5)cc4)c4cc(O)cc(O)c4-c4cc3ccc4O)[C@H](O)c3ccc(c(Cl)c3)Oc3cc2cc(c3O[C@@H]2O[C@H](CO)[C@@H](O)[C@H](O)[C@H]2O[C@H]2C[C@](C)(N)C(O)[C@H](C)O2)Oc2ccc(cc2Cl)[C@H]1O. The van der Waals surface area contributed by atoms with Gasteiger partial charge in [-0.2, -0.15) is 0 Å². The van der Waals surface area contributed by atoms with Gasteiger partial charge in [-0.25, -0.2) is 0 Å². The number of nitrogens with two attached hydrogens (primary N) is 2. The van der Waals surface area contributed by atoms with E-state index in [9.17, 15) is 60.3 Å². The van der Waals surface area contributed by atoms with Crippen molar-refractivity contribution in [3.8, 4) is 68.2 Å². The number of aliphatic hydroxyl groups is 6. The standard InChI is InChI=1S/C79H85Cl3N10O23/c1-32(2)20-47(85-5)71(103)91-62-64(98)38-13-18-51(45(81)22-38)111-53-24-40-25-54(68(53)115-78-69(67(101)66(100)55(31-93)113-78)114-57-29-79(4,84)70(102)33(3)110-57)112-52-19-14-39(23-46(52)82)65(99)63-77(109)90-61(73(105)86-30-34-6-8-35(9-7-34)36-10-15-41(80)16-11-36)44-26-42(94)27-50(96)58(44)43-21-37(12-17-49(43)95)59(74(106)92-63)89-75(107)60(40)88-72(104)48(28-56(83)97)87-76(62)108/h6-19,21-27,32-33,47-48,55,57,59-67,69-70,78,85,93-96,98-102H,20,28-31,84H2,1-5H3,(H2,83,97)(H,86,105)(H,87,108)(H,88,104)(H,89,107)(H,90,109)(H,91,103)(H,92,106)/t33-,47+,48-,55+,57-,59+,60+,61+,62+,63-,64+,65+,66+,67-,69+,70?,78-,79-/m0/s1. The van der Waals surface area contributed by atoms with Gasteiger partial charge in [0, 0.05) is 40.7 Å². The van der Waals surface area contributed by atoms with Crippen LogP contribution in [0.1, 0.15) is 111 Å². The minimum atomic E-state index is -2.35. The van der Waals surface area contributed by atoms with E-state index in [2.05, 4.69) is 42.5 Å². The molecule has 14 rings (SSSR count). The van der Waals surface area contributed by atoms with Crippen LogP contribution in [0.5, 0.6) is 46.0 Å². The number of carbonyl (C=O) groups is 8. The monoisotopic (exact) mass is 1650 g/mol. The molecule has 0 saturated carbocycles. The molecule has 21 N–H and O–H groups in total. The van der Waals surface area contributed by atoms with E-state index < -0.39 is 226 Å². The number of hydrogen-bond donors (Lipinski definition) is 19. The lowest BCUT2D eigenvalue weighted by atomic mass is 9.86. The quantitative estimate of drug-likeness (QED) is 0.0656. The molecule has 0 spiro atoms. The van der Waals surface area contributed by atoms with Crippen LogP contribution in [0.3, 0.4) is 0 Å². The van der Waals surface area contributed by atoms with Crippen LogP contribution in [0.2, 0.25) is 15.1 Å². The largest absolute Gasteiger partial charge is 0.508 e. The number of carbonyl (C=O) groups excluding carboxylic acids is 8. The zero-order chi connectivity index (χ0) is 82.9. The average Bonchev–Trinajstić information content (AvgIpc) is 0.830. The summed E-state index contributed by atoms with van der Waals surface area (Å²) in [6.45, 7) is 5.48. The second kappa shape index (κ2) is 34.9. The summed E-state index contributed by atoms with van der Waals surface area (Å²) in [5.74, 6) is -14.8. The van der Waals surface area contributed by atoms with Gasteiger partial charge in [0.1, 0.15) is 95.5 Å². The lowest BCUT2D eigenvalue weighted by Gasteiger charge is -2.47. The van der Waals surface area contributed by atoms with Gasteiger partial charge in [0.25, 0.3) is 0 Å². The predicted molar refractivity (Wildman–Crippen MR) is 410 cm³/mol. The summed E-state index contributed by atoms with van der Waals surface area (Å²) in [6.07, 6.45) is -18.6. The summed E-state index contributed by atoms with van der Waals surface area (Å²) < 4.78 is 38.7. The Labute approximate surface area is 671 Å². The lowest BCUT2D eigenvalue weighted by molar-refractivity contribution is -0.333. The molecule has 0 radical (unpaired) electrons. The molecular weight excluding hydrogens is 1560 g/mol. The summed E-state index contributed by atoms with van der Waals surface area (Å²) in [6, 6.07) is 14.3. The molecule has 0 aliphatic carbocycles. The number of likely N-dealkylation sites (N-methyl/N-ethyl adjacent to an activating group) is 1. The van der Waals surface area contributed by atoms with Crippen LogP contribution in [-0.4, -0.2) is 186 Å². The van der Waals surface area contributed by atoms with Crippen molar-refractivity contribution in [2.24, 2.45) is 17.4 Å². The number of ether oxygens (including phenoxy) is 6. The molecule has 7 aliphatic heterocycles. The van der Waals surface area contributed by atoms with Gasteiger partial charge in [0.15, 0.2) is 23.9 Å². The number of halogens is 3. The highest BCUT2D eigenvalue weighted by Gasteiger charge is 2.52. The van der Waals surface area contributed by atoms with E-state index in [1.807, 2.05) is 26.0 Å². The number of phenolic OH excluding ortho intramolecular Hbond substituents is 3. The molecule has 7 aliphatic rings. The fraction of sp³-hybridized carbons (Fsp3) is 0.367. The molecule has 8 amide bonds. The molecule has 36 heteroatoms. The van der Waals surface area contributed by atoms with Crippen molar-refractivity contribution in [1.82, 2.24) is 42.5 Å². The summed E-state index contributed by atoms with van der Waals surface area (Å²) in [7, 11) is 1.48. The first-order chi connectivity index (χ1) is 54.6. The Hall–Kier alpha value is -10.5. The normalized spacial score (nSPS) is 27.2. The highest BCUT2D eigenvalue weighted by Crippen LogP contribution is 2.50. The number of benzene rings is 7. The number of rotatable bonds is 16. The van der Waals surface area contributed by atoms with E-state index in [1.165, 1.54) is 39.1 Å². The number of nitrogens with one attached hydrogen (secondary N) is 8. The number of aliphatic hydroxyl groups excluding tert-OH is 6. The third kappa shape index (κ3) is 18.4. The Kier molecular flexibility index (Phi) is 25.5. The molecule has 33 nitrogen and oxygen atoms in total. The number of primary amides is 1. The maximum absolute atomic E-state index is 16.3. The number of aromatic hydroxyl groups is 3. The van der Waals surface area contributed by atoms with Crippen molar-refractivity contribution in [2.75, 3.05) is 13.7 Å². The predicted octanol–water partition coefficient (Wildman–Crippen LogP) is 3.66. The highest BCUT2D eigenvalue weighted by molar-refractivity contribution is 6.32. The molecule has 610 valence electrons. The van der Waals surface area contributed by atoms with Crippen LogP contribution in [-0.2, 0) is 59.1 Å². The Balaban J connectivity index is 1.05. The zero-order valence-corrected chi connectivity index (χ0v) is 64.3. The van der Waals surface area contributed by atoms with Gasteiger partial charge in [0.2, 0.25) is 59.3 Å². The fourth-order valence-corrected chi connectivity index (χ4v) is 14.8. The van der Waals surface area contributed by atoms with Crippen molar-refractivity contribution >= 4 is 82.1 Å². The second-order valence-electron chi connectivity index (χ2n) is 29.3. The van der Waals surface area contributed by atoms with Crippen molar-refractivity contribution in [2.45, 2.75) is 163 Å². The third-order valence-corrected chi connectivity index (χ3v) is 21.2. The van der Waals surface area contributed by atoms with Gasteiger partial charge in [-0.3, -0.25) is 38.4 Å². The van der Waals surface area contributed by atoms with E-state index in [0.29, 0.717) is 10.6 Å². The van der Waals surface area contributed by atoms with E-state index in [1.54, 1.807) is 36.4 Å². The highest BCUT2D eigenvalue weighted by atomic mass is 35.5. The van der Waals surface area contributed by atoms with Crippen LogP contribution in [0.25, 0.3) is 22.3 Å². The second-order valence-corrected chi connectivity index (χ2v) is 30.5. The third-order valence-electron chi connectivity index (χ3n) is 20.4.